The van der Waals surface area contributed by atoms with Gasteiger partial charge in [0.05, 0.1) is 17.2 Å². The average molecular weight is 651 g/mol. The lowest BCUT2D eigenvalue weighted by atomic mass is 9.85. The minimum atomic E-state index is 0.853. The third-order valence-corrected chi connectivity index (χ3v) is 10.0. The van der Waals surface area contributed by atoms with Crippen molar-refractivity contribution in [1.29, 1.82) is 0 Å². The predicted molar refractivity (Wildman–Crippen MR) is 211 cm³/mol. The Morgan fingerprint density at radius 1 is 0.333 bits per heavy atom. The molecule has 0 saturated heterocycles. The maximum absolute atomic E-state index is 4.96. The first kappa shape index (κ1) is 29.0. The van der Waals surface area contributed by atoms with Crippen LogP contribution in [0.15, 0.2) is 183 Å². The second kappa shape index (κ2) is 11.9. The molecule has 238 valence electrons. The number of hydrogen-bond donors (Lipinski definition) is 0. The highest BCUT2D eigenvalue weighted by Gasteiger charge is 2.18. The summed E-state index contributed by atoms with van der Waals surface area (Å²) in [6, 6.07) is 54.1. The zero-order chi connectivity index (χ0) is 33.7. The highest BCUT2D eigenvalue weighted by molar-refractivity contribution is 6.22. The summed E-state index contributed by atoms with van der Waals surface area (Å²) in [6.45, 7) is 0. The molecule has 4 nitrogen and oxygen atoms in total. The van der Waals surface area contributed by atoms with E-state index in [9.17, 15) is 0 Å². The average Bonchev–Trinajstić information content (AvgIpc) is 3.55. The van der Waals surface area contributed by atoms with Crippen molar-refractivity contribution in [3.8, 4) is 50.3 Å². The standard InChI is InChI=1S/C47H30N4/c1-3-11-31(12-4-1)46-39-16-7-8-17-40(39)47(32-13-5-2-6-14-32)42-26-33(19-21-41(42)46)35-25-36(28-49-27-35)34-20-22-45(50-29-34)51-43-18-10-9-15-37(43)38-23-24-48-30-44(38)51/h1-30H. The molecule has 0 bridgehead atoms. The number of hydrogen-bond acceptors (Lipinski definition) is 3. The summed E-state index contributed by atoms with van der Waals surface area (Å²) >= 11 is 0. The molecule has 0 radical (unpaired) electrons. The van der Waals surface area contributed by atoms with Gasteiger partial charge in [-0.15, -0.1) is 0 Å². The fourth-order valence-corrected chi connectivity index (χ4v) is 7.70. The van der Waals surface area contributed by atoms with Crippen molar-refractivity contribution in [3.63, 3.8) is 0 Å². The molecule has 0 unspecified atom stereocenters. The monoisotopic (exact) mass is 650 g/mol. The van der Waals surface area contributed by atoms with Gasteiger partial charge in [-0.05, 0) is 85.8 Å². The molecular formula is C47H30N4. The van der Waals surface area contributed by atoms with E-state index in [1.54, 1.807) is 0 Å². The minimum Gasteiger partial charge on any atom is -0.292 e. The van der Waals surface area contributed by atoms with Crippen molar-refractivity contribution < 1.29 is 0 Å². The Labute approximate surface area is 295 Å². The van der Waals surface area contributed by atoms with Gasteiger partial charge in [0.1, 0.15) is 5.82 Å². The topological polar surface area (TPSA) is 43.6 Å². The van der Waals surface area contributed by atoms with Gasteiger partial charge >= 0.3 is 0 Å². The molecular weight excluding hydrogens is 621 g/mol. The smallest absolute Gasteiger partial charge is 0.137 e. The van der Waals surface area contributed by atoms with E-state index in [0.717, 1.165) is 44.5 Å². The lowest BCUT2D eigenvalue weighted by molar-refractivity contribution is 1.07. The van der Waals surface area contributed by atoms with Crippen LogP contribution in [0, 0.1) is 0 Å². The molecule has 10 rings (SSSR count). The highest BCUT2D eigenvalue weighted by Crippen LogP contribution is 2.45. The van der Waals surface area contributed by atoms with Gasteiger partial charge < -0.3 is 0 Å². The SMILES string of the molecule is c1ccc(-c2c3ccccc3c(-c3ccccc3)c3cc(-c4cncc(-c5ccc(-n6c7ccccc7c7ccncc76)nc5)c4)ccc23)cc1. The molecule has 0 N–H and O–H groups in total. The first-order chi connectivity index (χ1) is 25.3. The summed E-state index contributed by atoms with van der Waals surface area (Å²) < 4.78 is 2.18. The van der Waals surface area contributed by atoms with Crippen molar-refractivity contribution in [3.05, 3.63) is 183 Å². The Hall–Kier alpha value is -6.91. The van der Waals surface area contributed by atoms with Gasteiger partial charge in [0.15, 0.2) is 0 Å². The van der Waals surface area contributed by atoms with E-state index in [4.69, 9.17) is 9.97 Å². The predicted octanol–water partition coefficient (Wildman–Crippen LogP) is 11.9. The van der Waals surface area contributed by atoms with Crippen LogP contribution < -0.4 is 0 Å². The first-order valence-corrected chi connectivity index (χ1v) is 17.2. The molecule has 51 heavy (non-hydrogen) atoms. The summed E-state index contributed by atoms with van der Waals surface area (Å²) in [4.78, 5) is 14.1. The molecule has 0 amide bonds. The van der Waals surface area contributed by atoms with Gasteiger partial charge in [-0.2, -0.15) is 0 Å². The third-order valence-electron chi connectivity index (χ3n) is 10.0. The number of fused-ring (bicyclic) bond motifs is 5. The Morgan fingerprint density at radius 2 is 0.922 bits per heavy atom. The van der Waals surface area contributed by atoms with Crippen molar-refractivity contribution in [2.45, 2.75) is 0 Å². The van der Waals surface area contributed by atoms with Crippen molar-refractivity contribution in [1.82, 2.24) is 19.5 Å². The Balaban J connectivity index is 1.11. The normalized spacial score (nSPS) is 11.5. The molecule has 0 fully saturated rings. The molecule has 0 aliphatic heterocycles. The molecule has 6 aromatic carbocycles. The lowest BCUT2D eigenvalue weighted by Gasteiger charge is -2.18. The van der Waals surface area contributed by atoms with Gasteiger partial charge in [0, 0.05) is 52.3 Å². The lowest BCUT2D eigenvalue weighted by Crippen LogP contribution is -1.97. The van der Waals surface area contributed by atoms with E-state index in [1.165, 1.54) is 49.2 Å². The largest absolute Gasteiger partial charge is 0.292 e. The van der Waals surface area contributed by atoms with E-state index in [0.29, 0.717) is 0 Å². The van der Waals surface area contributed by atoms with Crippen LogP contribution in [0.5, 0.6) is 0 Å². The molecule has 0 atom stereocenters. The van der Waals surface area contributed by atoms with Crippen molar-refractivity contribution >= 4 is 43.4 Å². The van der Waals surface area contributed by atoms with Crippen LogP contribution in [-0.2, 0) is 0 Å². The summed E-state index contributed by atoms with van der Waals surface area (Å²) in [5.74, 6) is 0.853. The van der Waals surface area contributed by atoms with Gasteiger partial charge in [-0.3, -0.25) is 14.5 Å². The van der Waals surface area contributed by atoms with Crippen LogP contribution in [-0.4, -0.2) is 19.5 Å². The molecule has 0 aliphatic rings. The summed E-state index contributed by atoms with van der Waals surface area (Å²) in [5.41, 5.74) is 11.3. The number of aromatic nitrogens is 4. The second-order valence-electron chi connectivity index (χ2n) is 12.9. The maximum atomic E-state index is 4.96. The van der Waals surface area contributed by atoms with Crippen molar-refractivity contribution in [2.24, 2.45) is 0 Å². The molecule has 0 spiro atoms. The molecule has 10 aromatic rings. The van der Waals surface area contributed by atoms with E-state index in [1.807, 2.05) is 31.0 Å². The minimum absolute atomic E-state index is 0.853. The quantitative estimate of drug-likeness (QED) is 0.174. The molecule has 4 heterocycles. The zero-order valence-corrected chi connectivity index (χ0v) is 27.6. The fourth-order valence-electron chi connectivity index (χ4n) is 7.70. The molecule has 0 aliphatic carbocycles. The van der Waals surface area contributed by atoms with E-state index in [-0.39, 0.29) is 0 Å². The number of pyridine rings is 3. The number of para-hydroxylation sites is 1. The van der Waals surface area contributed by atoms with Gasteiger partial charge in [-0.1, -0.05) is 115 Å². The number of nitrogens with zero attached hydrogens (tertiary/aromatic N) is 4. The van der Waals surface area contributed by atoms with E-state index in [2.05, 4.69) is 161 Å². The van der Waals surface area contributed by atoms with Crippen molar-refractivity contribution in [2.75, 3.05) is 0 Å². The summed E-state index contributed by atoms with van der Waals surface area (Å²) in [6.07, 6.45) is 9.58. The second-order valence-corrected chi connectivity index (χ2v) is 12.9. The van der Waals surface area contributed by atoms with Crippen LogP contribution >= 0.6 is 0 Å². The van der Waals surface area contributed by atoms with E-state index < -0.39 is 0 Å². The summed E-state index contributed by atoms with van der Waals surface area (Å²) in [5, 5.41) is 7.29. The molecule has 4 heteroatoms. The van der Waals surface area contributed by atoms with Crippen LogP contribution in [0.4, 0.5) is 0 Å². The van der Waals surface area contributed by atoms with E-state index >= 15 is 0 Å². The number of rotatable bonds is 5. The zero-order valence-electron chi connectivity index (χ0n) is 27.6. The van der Waals surface area contributed by atoms with Gasteiger partial charge in [0.2, 0.25) is 0 Å². The van der Waals surface area contributed by atoms with Gasteiger partial charge in [0.25, 0.3) is 0 Å². The number of benzene rings is 6. The fraction of sp³-hybridized carbons (Fsp3) is 0. The van der Waals surface area contributed by atoms with Crippen LogP contribution in [0.2, 0.25) is 0 Å². The highest BCUT2D eigenvalue weighted by atomic mass is 15.1. The van der Waals surface area contributed by atoms with Gasteiger partial charge in [-0.25, -0.2) is 4.98 Å². The maximum Gasteiger partial charge on any atom is 0.137 e. The Kier molecular flexibility index (Phi) is 6.78. The molecule has 0 saturated carbocycles. The first-order valence-electron chi connectivity index (χ1n) is 17.2. The van der Waals surface area contributed by atoms with Crippen LogP contribution in [0.25, 0.3) is 93.7 Å². The molecule has 4 aromatic heterocycles. The Bertz CT molecular complexity index is 2840. The van der Waals surface area contributed by atoms with Crippen LogP contribution in [0.3, 0.4) is 0 Å². The Morgan fingerprint density at radius 3 is 1.63 bits per heavy atom. The third kappa shape index (κ3) is 4.80. The summed E-state index contributed by atoms with van der Waals surface area (Å²) in [7, 11) is 0. The van der Waals surface area contributed by atoms with Crippen LogP contribution in [0.1, 0.15) is 0 Å².